The van der Waals surface area contributed by atoms with E-state index in [2.05, 4.69) is 10.4 Å². The molecule has 0 unspecified atom stereocenters. The average molecular weight is 270 g/mol. The van der Waals surface area contributed by atoms with E-state index in [9.17, 15) is 18.0 Å². The van der Waals surface area contributed by atoms with Gasteiger partial charge in [-0.25, -0.2) is 9.48 Å². The van der Waals surface area contributed by atoms with E-state index in [0.717, 1.165) is 12.1 Å². The van der Waals surface area contributed by atoms with E-state index in [0.29, 0.717) is 0 Å². The molecule has 0 spiro atoms. The van der Waals surface area contributed by atoms with Gasteiger partial charge < -0.3 is 11.1 Å². The lowest BCUT2D eigenvalue weighted by Gasteiger charge is -2.13. The lowest BCUT2D eigenvalue weighted by molar-refractivity contribution is -0.137. The summed E-state index contributed by atoms with van der Waals surface area (Å²) < 4.78 is 39.2. The summed E-state index contributed by atoms with van der Waals surface area (Å²) >= 11 is 0. The van der Waals surface area contributed by atoms with Crippen LogP contribution in [0.25, 0.3) is 5.69 Å². The van der Waals surface area contributed by atoms with Crippen LogP contribution in [0.5, 0.6) is 0 Å². The minimum atomic E-state index is -4.50. The first-order valence-electron chi connectivity index (χ1n) is 5.15. The standard InChI is InChI=1S/C11H9F3N4O/c12-11(13,14)7-2-3-9(18-5-1-4-16-18)8(6-7)17-10(15)19/h1-6H,(H3,15,17,19). The molecule has 1 aromatic heterocycles. The number of primary amides is 1. The van der Waals surface area contributed by atoms with Gasteiger partial charge in [0.15, 0.2) is 0 Å². The third-order valence-corrected chi connectivity index (χ3v) is 2.33. The van der Waals surface area contributed by atoms with Gasteiger partial charge in [-0.05, 0) is 24.3 Å². The van der Waals surface area contributed by atoms with Gasteiger partial charge in [-0.15, -0.1) is 0 Å². The average Bonchev–Trinajstić information content (AvgIpc) is 2.80. The maximum Gasteiger partial charge on any atom is 0.416 e. The van der Waals surface area contributed by atoms with E-state index >= 15 is 0 Å². The van der Waals surface area contributed by atoms with Crippen molar-refractivity contribution in [2.24, 2.45) is 5.73 Å². The van der Waals surface area contributed by atoms with Crippen LogP contribution in [0, 0.1) is 0 Å². The van der Waals surface area contributed by atoms with Gasteiger partial charge in [-0.1, -0.05) is 0 Å². The topological polar surface area (TPSA) is 72.9 Å². The van der Waals surface area contributed by atoms with Crippen LogP contribution in [0.4, 0.5) is 23.7 Å². The van der Waals surface area contributed by atoms with Gasteiger partial charge in [-0.2, -0.15) is 18.3 Å². The molecule has 0 aliphatic rings. The number of nitrogens with two attached hydrogens (primary N) is 1. The van der Waals surface area contributed by atoms with Gasteiger partial charge in [0.2, 0.25) is 0 Å². The minimum absolute atomic E-state index is 0.0639. The summed E-state index contributed by atoms with van der Waals surface area (Å²) in [5.74, 6) is 0. The Kier molecular flexibility index (Phi) is 3.16. The number of anilines is 1. The number of nitrogens with zero attached hydrogens (tertiary/aromatic N) is 2. The van der Waals surface area contributed by atoms with Crippen LogP contribution < -0.4 is 11.1 Å². The van der Waals surface area contributed by atoms with Gasteiger partial charge in [0.05, 0.1) is 16.9 Å². The van der Waals surface area contributed by atoms with Crippen LogP contribution in [0.2, 0.25) is 0 Å². The number of hydrogen-bond donors (Lipinski definition) is 2. The van der Waals surface area contributed by atoms with Crippen LogP contribution in [-0.4, -0.2) is 15.8 Å². The Morgan fingerprint density at radius 3 is 2.63 bits per heavy atom. The summed E-state index contributed by atoms with van der Waals surface area (Å²) in [5, 5.41) is 6.04. The van der Waals surface area contributed by atoms with Gasteiger partial charge in [0, 0.05) is 12.4 Å². The van der Waals surface area contributed by atoms with E-state index in [1.807, 2.05) is 0 Å². The third kappa shape index (κ3) is 2.84. The third-order valence-electron chi connectivity index (χ3n) is 2.33. The fourth-order valence-corrected chi connectivity index (χ4v) is 1.56. The molecule has 5 nitrogen and oxygen atoms in total. The highest BCUT2D eigenvalue weighted by molar-refractivity contribution is 5.90. The monoisotopic (exact) mass is 270 g/mol. The van der Waals surface area contributed by atoms with Crippen molar-refractivity contribution in [3.63, 3.8) is 0 Å². The van der Waals surface area contributed by atoms with Gasteiger partial charge in [-0.3, -0.25) is 0 Å². The molecule has 100 valence electrons. The van der Waals surface area contributed by atoms with Crippen molar-refractivity contribution in [2.75, 3.05) is 5.32 Å². The predicted octanol–water partition coefficient (Wildman–Crippen LogP) is 2.38. The molecule has 0 aliphatic heterocycles. The van der Waals surface area contributed by atoms with Gasteiger partial charge in [0.1, 0.15) is 0 Å². The number of carbonyl (C=O) groups excluding carboxylic acids is 1. The van der Waals surface area contributed by atoms with Crippen molar-refractivity contribution in [2.45, 2.75) is 6.18 Å². The van der Waals surface area contributed by atoms with E-state index in [1.165, 1.54) is 23.1 Å². The summed E-state index contributed by atoms with van der Waals surface area (Å²) in [7, 11) is 0. The molecule has 1 heterocycles. The van der Waals surface area contributed by atoms with Gasteiger partial charge >= 0.3 is 12.2 Å². The first kappa shape index (κ1) is 12.9. The Morgan fingerprint density at radius 2 is 2.11 bits per heavy atom. The molecule has 3 N–H and O–H groups in total. The van der Waals surface area contributed by atoms with Crippen molar-refractivity contribution in [3.05, 3.63) is 42.2 Å². The molecule has 0 atom stereocenters. The maximum absolute atomic E-state index is 12.6. The number of rotatable bonds is 2. The van der Waals surface area contributed by atoms with E-state index in [1.54, 1.807) is 6.07 Å². The summed E-state index contributed by atoms with van der Waals surface area (Å²) in [5.41, 5.74) is 4.29. The van der Waals surface area contributed by atoms with Crippen LogP contribution in [0.3, 0.4) is 0 Å². The Labute approximate surface area is 105 Å². The van der Waals surface area contributed by atoms with Crippen molar-refractivity contribution in [1.29, 1.82) is 0 Å². The largest absolute Gasteiger partial charge is 0.416 e. The second kappa shape index (κ2) is 4.63. The quantitative estimate of drug-likeness (QED) is 0.879. The molecule has 2 rings (SSSR count). The van der Waals surface area contributed by atoms with Crippen LogP contribution in [0.1, 0.15) is 5.56 Å². The summed E-state index contributed by atoms with van der Waals surface area (Å²) in [4.78, 5) is 10.9. The lowest BCUT2D eigenvalue weighted by Crippen LogP contribution is -2.21. The smallest absolute Gasteiger partial charge is 0.351 e. The van der Waals surface area contributed by atoms with Crippen molar-refractivity contribution >= 4 is 11.7 Å². The molecular weight excluding hydrogens is 261 g/mol. The number of halogens is 3. The number of aromatic nitrogens is 2. The zero-order chi connectivity index (χ0) is 14.0. The zero-order valence-electron chi connectivity index (χ0n) is 9.48. The molecule has 0 aliphatic carbocycles. The number of alkyl halides is 3. The van der Waals surface area contributed by atoms with Crippen molar-refractivity contribution in [3.8, 4) is 5.69 Å². The van der Waals surface area contributed by atoms with Crippen LogP contribution in [-0.2, 0) is 6.18 Å². The molecule has 19 heavy (non-hydrogen) atoms. The molecule has 0 saturated carbocycles. The highest BCUT2D eigenvalue weighted by atomic mass is 19.4. The summed E-state index contributed by atoms with van der Waals surface area (Å²) in [6.07, 6.45) is -1.50. The highest BCUT2D eigenvalue weighted by Gasteiger charge is 2.31. The molecular formula is C11H9F3N4O. The van der Waals surface area contributed by atoms with E-state index in [-0.39, 0.29) is 11.4 Å². The first-order valence-corrected chi connectivity index (χ1v) is 5.15. The normalized spacial score (nSPS) is 11.3. The second-order valence-corrected chi connectivity index (χ2v) is 3.67. The Hall–Kier alpha value is -2.51. The second-order valence-electron chi connectivity index (χ2n) is 3.67. The molecule has 0 saturated heterocycles. The number of hydrogen-bond acceptors (Lipinski definition) is 2. The minimum Gasteiger partial charge on any atom is -0.351 e. The van der Waals surface area contributed by atoms with Crippen LogP contribution in [0.15, 0.2) is 36.7 Å². The summed E-state index contributed by atoms with van der Waals surface area (Å²) in [6, 6.07) is 3.57. The SMILES string of the molecule is NC(=O)Nc1cc(C(F)(F)F)ccc1-n1cccn1. The molecule has 0 fully saturated rings. The van der Waals surface area contributed by atoms with Crippen molar-refractivity contribution in [1.82, 2.24) is 9.78 Å². The molecule has 8 heteroatoms. The molecule has 0 bridgehead atoms. The first-order chi connectivity index (χ1) is 8.88. The van der Waals surface area contributed by atoms with Crippen LogP contribution >= 0.6 is 0 Å². The highest BCUT2D eigenvalue weighted by Crippen LogP contribution is 2.33. The Morgan fingerprint density at radius 1 is 1.37 bits per heavy atom. The van der Waals surface area contributed by atoms with Crippen molar-refractivity contribution < 1.29 is 18.0 Å². The molecule has 2 aromatic rings. The number of urea groups is 1. The predicted molar refractivity (Wildman–Crippen MR) is 61.8 cm³/mol. The zero-order valence-corrected chi connectivity index (χ0v) is 9.48. The Balaban J connectivity index is 2.52. The Bertz CT molecular complexity index is 592. The van der Waals surface area contributed by atoms with Gasteiger partial charge in [0.25, 0.3) is 0 Å². The van der Waals surface area contributed by atoms with E-state index in [4.69, 9.17) is 5.73 Å². The molecule has 1 aromatic carbocycles. The number of amides is 2. The molecule has 2 amide bonds. The number of benzene rings is 1. The van der Waals surface area contributed by atoms with E-state index < -0.39 is 17.8 Å². The lowest BCUT2D eigenvalue weighted by atomic mass is 10.1. The maximum atomic E-state index is 12.6. The molecule has 0 radical (unpaired) electrons. The number of nitrogens with one attached hydrogen (secondary N) is 1. The number of carbonyl (C=O) groups is 1. The summed E-state index contributed by atoms with van der Waals surface area (Å²) in [6.45, 7) is 0. The fourth-order valence-electron chi connectivity index (χ4n) is 1.56. The fraction of sp³-hybridized carbons (Fsp3) is 0.0909.